The summed E-state index contributed by atoms with van der Waals surface area (Å²) in [4.78, 5) is 29.2. The molecule has 0 aliphatic carbocycles. The average Bonchev–Trinajstić information content (AvgIpc) is 2.53. The summed E-state index contributed by atoms with van der Waals surface area (Å²) >= 11 is 0. The fourth-order valence-electron chi connectivity index (χ4n) is 2.30. The van der Waals surface area contributed by atoms with E-state index in [1.54, 1.807) is 19.2 Å². The highest BCUT2D eigenvalue weighted by Gasteiger charge is 2.23. The summed E-state index contributed by atoms with van der Waals surface area (Å²) in [5, 5.41) is 3.22. The van der Waals surface area contributed by atoms with Crippen molar-refractivity contribution in [2.75, 3.05) is 13.7 Å². The molecule has 0 saturated heterocycles. The summed E-state index contributed by atoms with van der Waals surface area (Å²) in [6.45, 7) is 3.20. The number of hydrogen-bond acceptors (Lipinski definition) is 7. The van der Waals surface area contributed by atoms with E-state index in [9.17, 15) is 4.79 Å². The molecule has 7 heteroatoms. The maximum Gasteiger partial charge on any atom is 0.357 e. The number of fused-ring (bicyclic) bond motifs is 1. The molecule has 0 radical (unpaired) electrons. The first-order chi connectivity index (χ1) is 10.2. The van der Waals surface area contributed by atoms with Gasteiger partial charge in [-0.05, 0) is 13.0 Å². The van der Waals surface area contributed by atoms with Gasteiger partial charge in [-0.3, -0.25) is 0 Å². The van der Waals surface area contributed by atoms with Crippen molar-refractivity contribution >= 4 is 5.97 Å². The van der Waals surface area contributed by atoms with E-state index in [1.807, 2.05) is 0 Å². The van der Waals surface area contributed by atoms with Crippen LogP contribution < -0.4 is 5.32 Å². The van der Waals surface area contributed by atoms with E-state index < -0.39 is 5.97 Å². The smallest absolute Gasteiger partial charge is 0.357 e. The summed E-state index contributed by atoms with van der Waals surface area (Å²) in [7, 11) is 1.35. The van der Waals surface area contributed by atoms with Crippen LogP contribution in [0, 0.1) is 6.92 Å². The van der Waals surface area contributed by atoms with Crippen molar-refractivity contribution in [1.82, 2.24) is 25.3 Å². The molecule has 1 aliphatic rings. The van der Waals surface area contributed by atoms with Crippen LogP contribution in [0.3, 0.4) is 0 Å². The lowest BCUT2D eigenvalue weighted by Gasteiger charge is -2.19. The van der Waals surface area contributed by atoms with Gasteiger partial charge in [0, 0.05) is 31.3 Å². The van der Waals surface area contributed by atoms with Gasteiger partial charge < -0.3 is 10.1 Å². The summed E-state index contributed by atoms with van der Waals surface area (Å²) in [5.74, 6) is 0.612. The maximum absolute atomic E-state index is 12.0. The molecule has 0 spiro atoms. The summed E-state index contributed by atoms with van der Waals surface area (Å²) < 4.78 is 4.83. The van der Waals surface area contributed by atoms with E-state index in [0.717, 1.165) is 24.2 Å². The monoisotopic (exact) mass is 285 g/mol. The zero-order chi connectivity index (χ0) is 14.8. The molecule has 0 saturated carbocycles. The molecule has 0 aromatic carbocycles. The van der Waals surface area contributed by atoms with Crippen molar-refractivity contribution in [2.24, 2.45) is 0 Å². The number of carbonyl (C=O) groups excluding carboxylic acids is 1. The summed E-state index contributed by atoms with van der Waals surface area (Å²) in [5.41, 5.74) is 2.59. The van der Waals surface area contributed by atoms with Gasteiger partial charge in [-0.25, -0.2) is 24.7 Å². The number of methoxy groups -OCH3 is 1. The first-order valence-electron chi connectivity index (χ1n) is 6.68. The molecule has 3 rings (SSSR count). The third-order valence-electron chi connectivity index (χ3n) is 3.32. The highest BCUT2D eigenvalue weighted by atomic mass is 16.5. The number of aryl methyl sites for hydroxylation is 1. The maximum atomic E-state index is 12.0. The fraction of sp³-hybridized carbons (Fsp3) is 0.357. The zero-order valence-corrected chi connectivity index (χ0v) is 11.9. The Bertz CT molecular complexity index is 702. The van der Waals surface area contributed by atoms with Crippen LogP contribution >= 0.6 is 0 Å². The van der Waals surface area contributed by atoms with Gasteiger partial charge in [0.15, 0.2) is 11.5 Å². The van der Waals surface area contributed by atoms with E-state index in [4.69, 9.17) is 4.74 Å². The second-order valence-electron chi connectivity index (χ2n) is 4.73. The Kier molecular flexibility index (Phi) is 3.57. The lowest BCUT2D eigenvalue weighted by Crippen LogP contribution is -2.28. The lowest BCUT2D eigenvalue weighted by molar-refractivity contribution is 0.0592. The fourth-order valence-corrected chi connectivity index (χ4v) is 2.30. The first kappa shape index (κ1) is 13.6. The molecular formula is C14H15N5O2. The first-order valence-corrected chi connectivity index (χ1v) is 6.68. The Labute approximate surface area is 121 Å². The highest BCUT2D eigenvalue weighted by molar-refractivity contribution is 5.89. The minimum absolute atomic E-state index is 0.306. The van der Waals surface area contributed by atoms with E-state index in [1.165, 1.54) is 7.11 Å². The molecule has 0 fully saturated rings. The zero-order valence-electron chi connectivity index (χ0n) is 11.9. The van der Waals surface area contributed by atoms with Crippen LogP contribution in [-0.2, 0) is 17.7 Å². The van der Waals surface area contributed by atoms with Gasteiger partial charge in [0.05, 0.1) is 12.8 Å². The third kappa shape index (κ3) is 2.59. The molecule has 0 amide bonds. The topological polar surface area (TPSA) is 89.9 Å². The Balaban J connectivity index is 2.16. The molecule has 0 atom stereocenters. The van der Waals surface area contributed by atoms with Crippen molar-refractivity contribution in [1.29, 1.82) is 0 Å². The van der Waals surface area contributed by atoms with Gasteiger partial charge in [0.1, 0.15) is 11.5 Å². The number of nitrogens with zero attached hydrogens (tertiary/aromatic N) is 4. The largest absolute Gasteiger partial charge is 0.464 e. The van der Waals surface area contributed by atoms with Crippen LogP contribution in [0.2, 0.25) is 0 Å². The molecular weight excluding hydrogens is 270 g/mol. The Morgan fingerprint density at radius 2 is 2.19 bits per heavy atom. The predicted octanol–water partition coefficient (Wildman–Crippen LogP) is 0.674. The molecule has 2 aromatic rings. The van der Waals surface area contributed by atoms with E-state index in [2.05, 4.69) is 25.3 Å². The van der Waals surface area contributed by atoms with E-state index in [0.29, 0.717) is 29.6 Å². The predicted molar refractivity (Wildman–Crippen MR) is 74.5 cm³/mol. The number of hydrogen-bond donors (Lipinski definition) is 1. The average molecular weight is 285 g/mol. The number of rotatable bonds is 2. The molecule has 0 unspecified atom stereocenters. The molecule has 21 heavy (non-hydrogen) atoms. The quantitative estimate of drug-likeness (QED) is 0.811. The minimum Gasteiger partial charge on any atom is -0.464 e. The Morgan fingerprint density at radius 1 is 1.33 bits per heavy atom. The molecule has 0 bridgehead atoms. The minimum atomic E-state index is -0.454. The molecule has 3 heterocycles. The van der Waals surface area contributed by atoms with Crippen LogP contribution in [0.25, 0.3) is 11.5 Å². The number of esters is 1. The van der Waals surface area contributed by atoms with Gasteiger partial charge in [-0.15, -0.1) is 0 Å². The molecule has 2 aromatic heterocycles. The van der Waals surface area contributed by atoms with Crippen LogP contribution in [0.15, 0.2) is 12.3 Å². The second-order valence-corrected chi connectivity index (χ2v) is 4.73. The van der Waals surface area contributed by atoms with Crippen molar-refractivity contribution in [2.45, 2.75) is 19.9 Å². The van der Waals surface area contributed by atoms with Gasteiger partial charge in [-0.1, -0.05) is 0 Å². The Morgan fingerprint density at radius 3 is 2.95 bits per heavy atom. The number of carbonyl (C=O) groups is 1. The molecule has 1 aliphatic heterocycles. The third-order valence-corrected chi connectivity index (χ3v) is 3.32. The molecule has 7 nitrogen and oxygen atoms in total. The van der Waals surface area contributed by atoms with E-state index >= 15 is 0 Å². The number of ether oxygens (including phenoxy) is 1. The Hall–Kier alpha value is -2.41. The van der Waals surface area contributed by atoms with Crippen LogP contribution in [0.1, 0.15) is 27.6 Å². The van der Waals surface area contributed by atoms with Crippen LogP contribution in [0.4, 0.5) is 0 Å². The number of aromatic nitrogens is 4. The van der Waals surface area contributed by atoms with E-state index in [-0.39, 0.29) is 0 Å². The van der Waals surface area contributed by atoms with Gasteiger partial charge in [0.2, 0.25) is 0 Å². The summed E-state index contributed by atoms with van der Waals surface area (Å²) in [6.07, 6.45) is 2.40. The summed E-state index contributed by atoms with van der Waals surface area (Å²) in [6, 6.07) is 1.73. The molecule has 1 N–H and O–H groups in total. The van der Waals surface area contributed by atoms with Crippen molar-refractivity contribution < 1.29 is 9.53 Å². The normalized spacial score (nSPS) is 13.6. The van der Waals surface area contributed by atoms with Crippen molar-refractivity contribution in [3.8, 4) is 11.5 Å². The molecule has 108 valence electrons. The van der Waals surface area contributed by atoms with Gasteiger partial charge in [-0.2, -0.15) is 0 Å². The standard InChI is InChI=1S/C14H15N5O2/c1-8-16-6-4-11(17-8)13-18-10-3-5-15-7-9(10)12(19-13)14(20)21-2/h4,6,15H,3,5,7H2,1-2H3. The van der Waals surface area contributed by atoms with Gasteiger partial charge in [0.25, 0.3) is 0 Å². The number of nitrogens with one attached hydrogen (secondary N) is 1. The van der Waals surface area contributed by atoms with Crippen molar-refractivity contribution in [3.05, 3.63) is 35.0 Å². The van der Waals surface area contributed by atoms with Crippen molar-refractivity contribution in [3.63, 3.8) is 0 Å². The van der Waals surface area contributed by atoms with Gasteiger partial charge >= 0.3 is 5.97 Å². The van der Waals surface area contributed by atoms with Crippen LogP contribution in [0.5, 0.6) is 0 Å². The SMILES string of the molecule is COC(=O)c1nc(-c2ccnc(C)n2)nc2c1CNCC2. The highest BCUT2D eigenvalue weighted by Crippen LogP contribution is 2.21. The second kappa shape index (κ2) is 5.53. The van der Waals surface area contributed by atoms with Crippen LogP contribution in [-0.4, -0.2) is 39.6 Å². The lowest BCUT2D eigenvalue weighted by atomic mass is 10.0.